The van der Waals surface area contributed by atoms with Crippen LogP contribution in [0.1, 0.15) is 0 Å². The molecule has 0 amide bonds. The maximum atomic E-state index is 12.9. The summed E-state index contributed by atoms with van der Waals surface area (Å²) < 4.78 is 56.4. The van der Waals surface area contributed by atoms with Gasteiger partial charge in [-0.25, -0.2) is 12.8 Å². The van der Waals surface area contributed by atoms with Crippen LogP contribution in [0.3, 0.4) is 0 Å². The van der Waals surface area contributed by atoms with Crippen LogP contribution in [0.15, 0.2) is 63.1 Å². The Labute approximate surface area is 183 Å². The summed E-state index contributed by atoms with van der Waals surface area (Å²) in [5.74, 6) is 1.04. The van der Waals surface area contributed by atoms with Crippen LogP contribution in [0.4, 0.5) is 4.39 Å². The van der Waals surface area contributed by atoms with E-state index in [0.29, 0.717) is 55.2 Å². The number of morpholine rings is 1. The third-order valence-corrected chi connectivity index (χ3v) is 7.16. The molecule has 0 atom stereocenters. The summed E-state index contributed by atoms with van der Waals surface area (Å²) in [4.78, 5) is 0.173. The molecule has 4 rings (SSSR count). The Morgan fingerprint density at radius 2 is 1.87 bits per heavy atom. The standard InChI is InChI=1S/C20H20FN3O5S2/c21-16-4-6-17(7-5-16)28-12-13-30-20-23-22-19(29-20)15-2-1-3-18(14-15)31(25,26)24-8-10-27-11-9-24/h1-7,14H,8-13H2. The number of nitrogens with zero attached hydrogens (tertiary/aromatic N) is 3. The van der Waals surface area contributed by atoms with Crippen LogP contribution in [-0.4, -0.2) is 61.6 Å². The minimum absolute atomic E-state index is 0.173. The lowest BCUT2D eigenvalue weighted by atomic mass is 10.2. The van der Waals surface area contributed by atoms with Gasteiger partial charge < -0.3 is 13.9 Å². The summed E-state index contributed by atoms with van der Waals surface area (Å²) in [6.45, 7) is 1.80. The third kappa shape index (κ3) is 5.42. The van der Waals surface area contributed by atoms with E-state index in [1.54, 1.807) is 30.3 Å². The van der Waals surface area contributed by atoms with E-state index in [2.05, 4.69) is 10.2 Å². The minimum atomic E-state index is -3.61. The van der Waals surface area contributed by atoms with Gasteiger partial charge in [0, 0.05) is 24.4 Å². The van der Waals surface area contributed by atoms with Gasteiger partial charge in [-0.15, -0.1) is 10.2 Å². The van der Waals surface area contributed by atoms with Gasteiger partial charge in [0.25, 0.3) is 5.22 Å². The summed E-state index contributed by atoms with van der Waals surface area (Å²) in [6.07, 6.45) is 0. The molecule has 1 aromatic heterocycles. The highest BCUT2D eigenvalue weighted by atomic mass is 32.2. The summed E-state index contributed by atoms with van der Waals surface area (Å²) >= 11 is 1.31. The molecule has 1 aliphatic heterocycles. The summed E-state index contributed by atoms with van der Waals surface area (Å²) in [5, 5.41) is 8.36. The number of hydrogen-bond donors (Lipinski definition) is 0. The van der Waals surface area contributed by atoms with Crippen LogP contribution in [0.2, 0.25) is 0 Å². The first-order valence-electron chi connectivity index (χ1n) is 9.55. The lowest BCUT2D eigenvalue weighted by molar-refractivity contribution is 0.0730. The second-order valence-corrected chi connectivity index (χ2v) is 9.55. The Balaban J connectivity index is 1.37. The number of benzene rings is 2. The number of ether oxygens (including phenoxy) is 2. The van der Waals surface area contributed by atoms with Crippen molar-refractivity contribution in [1.29, 1.82) is 0 Å². The Morgan fingerprint density at radius 1 is 1.10 bits per heavy atom. The van der Waals surface area contributed by atoms with Crippen molar-refractivity contribution < 1.29 is 26.7 Å². The number of sulfonamides is 1. The molecule has 8 nitrogen and oxygen atoms in total. The van der Waals surface area contributed by atoms with Crippen LogP contribution in [-0.2, 0) is 14.8 Å². The molecule has 2 aromatic carbocycles. The van der Waals surface area contributed by atoms with Crippen LogP contribution in [0.5, 0.6) is 5.75 Å². The Bertz CT molecular complexity index is 1120. The molecule has 1 saturated heterocycles. The van der Waals surface area contributed by atoms with Gasteiger partial charge >= 0.3 is 0 Å². The second-order valence-electron chi connectivity index (χ2n) is 6.57. The van der Waals surface area contributed by atoms with Crippen molar-refractivity contribution in [2.45, 2.75) is 10.1 Å². The summed E-state index contributed by atoms with van der Waals surface area (Å²) in [5.41, 5.74) is 0.524. The smallest absolute Gasteiger partial charge is 0.276 e. The molecule has 0 unspecified atom stereocenters. The quantitative estimate of drug-likeness (QED) is 0.370. The number of hydrogen-bond acceptors (Lipinski definition) is 8. The lowest BCUT2D eigenvalue weighted by Crippen LogP contribution is -2.40. The molecule has 2 heterocycles. The highest BCUT2D eigenvalue weighted by Gasteiger charge is 2.26. The molecule has 0 radical (unpaired) electrons. The zero-order chi connectivity index (χ0) is 21.7. The average Bonchev–Trinajstić information content (AvgIpc) is 3.28. The van der Waals surface area contributed by atoms with Crippen LogP contribution in [0.25, 0.3) is 11.5 Å². The lowest BCUT2D eigenvalue weighted by Gasteiger charge is -2.26. The highest BCUT2D eigenvalue weighted by molar-refractivity contribution is 7.99. The van der Waals surface area contributed by atoms with Gasteiger partial charge in [0.05, 0.1) is 24.7 Å². The van der Waals surface area contributed by atoms with Gasteiger partial charge in [-0.1, -0.05) is 17.8 Å². The molecule has 11 heteroatoms. The molecular formula is C20H20FN3O5S2. The van der Waals surface area contributed by atoms with Gasteiger partial charge in [-0.05, 0) is 42.5 Å². The molecule has 0 saturated carbocycles. The maximum Gasteiger partial charge on any atom is 0.276 e. The van der Waals surface area contributed by atoms with Crippen LogP contribution >= 0.6 is 11.8 Å². The monoisotopic (exact) mass is 465 g/mol. The van der Waals surface area contributed by atoms with E-state index < -0.39 is 10.0 Å². The normalized spacial score (nSPS) is 15.1. The number of thioether (sulfide) groups is 1. The molecule has 3 aromatic rings. The summed E-state index contributed by atoms with van der Waals surface area (Å²) in [7, 11) is -3.61. The SMILES string of the molecule is O=S(=O)(c1cccc(-c2nnc(SCCOc3ccc(F)cc3)o2)c1)N1CCOCC1. The van der Waals surface area contributed by atoms with Crippen molar-refractivity contribution in [3.8, 4) is 17.2 Å². The third-order valence-electron chi connectivity index (χ3n) is 4.49. The van der Waals surface area contributed by atoms with Gasteiger partial charge in [-0.2, -0.15) is 4.31 Å². The zero-order valence-corrected chi connectivity index (χ0v) is 18.1. The predicted octanol–water partition coefficient (Wildman–Crippen LogP) is 3.07. The fourth-order valence-corrected chi connectivity index (χ4v) is 4.96. The minimum Gasteiger partial charge on any atom is -0.493 e. The van der Waals surface area contributed by atoms with Crippen molar-refractivity contribution in [3.05, 3.63) is 54.3 Å². The maximum absolute atomic E-state index is 12.9. The Morgan fingerprint density at radius 3 is 2.65 bits per heavy atom. The molecule has 0 aliphatic carbocycles. The first kappa shape index (κ1) is 21.8. The number of aromatic nitrogens is 2. The van der Waals surface area contributed by atoms with Gasteiger partial charge in [-0.3, -0.25) is 0 Å². The summed E-state index contributed by atoms with van der Waals surface area (Å²) in [6, 6.07) is 12.2. The molecule has 0 bridgehead atoms. The molecule has 0 N–H and O–H groups in total. The van der Waals surface area contributed by atoms with E-state index >= 15 is 0 Å². The highest BCUT2D eigenvalue weighted by Crippen LogP contribution is 2.26. The Hall–Kier alpha value is -2.47. The van der Waals surface area contributed by atoms with Gasteiger partial charge in [0.15, 0.2) is 0 Å². The van der Waals surface area contributed by atoms with Crippen molar-refractivity contribution >= 4 is 21.8 Å². The Kier molecular flexibility index (Phi) is 6.86. The van der Waals surface area contributed by atoms with Gasteiger partial charge in [0.1, 0.15) is 11.6 Å². The van der Waals surface area contributed by atoms with Crippen LogP contribution in [0, 0.1) is 5.82 Å². The molecule has 1 fully saturated rings. The van der Waals surface area contributed by atoms with Crippen molar-refractivity contribution in [3.63, 3.8) is 0 Å². The van der Waals surface area contributed by atoms with Crippen molar-refractivity contribution in [1.82, 2.24) is 14.5 Å². The first-order valence-corrected chi connectivity index (χ1v) is 12.0. The molecule has 1 aliphatic rings. The largest absolute Gasteiger partial charge is 0.493 e. The average molecular weight is 466 g/mol. The topological polar surface area (TPSA) is 94.8 Å². The van der Waals surface area contributed by atoms with E-state index in [9.17, 15) is 12.8 Å². The molecule has 0 spiro atoms. The van der Waals surface area contributed by atoms with E-state index in [-0.39, 0.29) is 16.6 Å². The number of halogens is 1. The van der Waals surface area contributed by atoms with Crippen LogP contribution < -0.4 is 4.74 Å². The number of rotatable bonds is 8. The van der Waals surface area contributed by atoms with E-state index in [0.717, 1.165) is 0 Å². The zero-order valence-electron chi connectivity index (χ0n) is 16.4. The molecular weight excluding hydrogens is 445 g/mol. The van der Waals surface area contributed by atoms with E-state index in [4.69, 9.17) is 13.9 Å². The van der Waals surface area contributed by atoms with E-state index in [1.807, 2.05) is 0 Å². The molecule has 31 heavy (non-hydrogen) atoms. The van der Waals surface area contributed by atoms with Gasteiger partial charge in [0.2, 0.25) is 15.9 Å². The fourth-order valence-electron chi connectivity index (χ4n) is 2.93. The van der Waals surface area contributed by atoms with Crippen molar-refractivity contribution in [2.75, 3.05) is 38.7 Å². The van der Waals surface area contributed by atoms with E-state index in [1.165, 1.54) is 34.3 Å². The second kappa shape index (κ2) is 9.77. The first-order chi connectivity index (χ1) is 15.0. The molecule has 164 valence electrons. The fraction of sp³-hybridized carbons (Fsp3) is 0.300. The van der Waals surface area contributed by atoms with Crippen molar-refractivity contribution in [2.24, 2.45) is 0 Å². The predicted molar refractivity (Wildman–Crippen MR) is 112 cm³/mol.